The number of esters is 2. The molecule has 0 unspecified atom stereocenters. The Balaban J connectivity index is 0.000000227. The highest BCUT2D eigenvalue weighted by Crippen LogP contribution is 2.25. The van der Waals surface area contributed by atoms with Crippen molar-refractivity contribution in [2.45, 2.75) is 44.6 Å². The van der Waals surface area contributed by atoms with Crippen LogP contribution in [0.15, 0.2) is 12.1 Å². The predicted molar refractivity (Wildman–Crippen MR) is 142 cm³/mol. The van der Waals surface area contributed by atoms with Gasteiger partial charge < -0.3 is 25.8 Å². The van der Waals surface area contributed by atoms with E-state index in [1.807, 2.05) is 0 Å². The van der Waals surface area contributed by atoms with E-state index in [2.05, 4.69) is 29.4 Å². The van der Waals surface area contributed by atoms with Gasteiger partial charge in [-0.2, -0.15) is 0 Å². The lowest BCUT2D eigenvalue weighted by atomic mass is 10.1. The van der Waals surface area contributed by atoms with Gasteiger partial charge in [-0.15, -0.1) is 0 Å². The molecule has 1 saturated carbocycles. The first-order valence-corrected chi connectivity index (χ1v) is 12.9. The first-order valence-electron chi connectivity index (χ1n) is 11.7. The molecule has 39 heavy (non-hydrogen) atoms. The summed E-state index contributed by atoms with van der Waals surface area (Å²) >= 11 is 16.7. The van der Waals surface area contributed by atoms with Gasteiger partial charge in [0.25, 0.3) is 0 Å². The molecule has 212 valence electrons. The third-order valence-electron chi connectivity index (χ3n) is 5.78. The van der Waals surface area contributed by atoms with Crippen molar-refractivity contribution in [3.05, 3.63) is 39.2 Å². The van der Waals surface area contributed by atoms with Crippen LogP contribution in [-0.4, -0.2) is 70.5 Å². The molecule has 4 N–H and O–H groups in total. The fourth-order valence-electron chi connectivity index (χ4n) is 3.91. The normalized spacial score (nSPS) is 16.3. The number of aromatic nitrogens is 4. The molecule has 16 heteroatoms. The molecule has 3 heterocycles. The van der Waals surface area contributed by atoms with Gasteiger partial charge in [-0.3, -0.25) is 9.59 Å². The summed E-state index contributed by atoms with van der Waals surface area (Å²) in [5.74, 6) is -1.13. The van der Waals surface area contributed by atoms with Crippen LogP contribution in [0.3, 0.4) is 0 Å². The van der Waals surface area contributed by atoms with Crippen LogP contribution >= 0.6 is 34.8 Å². The standard InChI is InChI=1S/C11H13ClN4O3.C6H4Cl2N2O2.C6H11NO/c1-19-10(18)6-5-8(15-11(12)14-6)16-4-2-3-7(16)9(13)17;1-12-5(11)3-2-4(7)10-6(8)9-3;7-6(8)5-3-1-2-4-5/h5,7H,2-4H2,1H3,(H2,13,17);2H,1H3;5H,1-4H2,(H2,7,8)/t7-;;/m0../s1. The highest BCUT2D eigenvalue weighted by atomic mass is 35.5. The van der Waals surface area contributed by atoms with Crippen LogP contribution in [0.4, 0.5) is 5.82 Å². The van der Waals surface area contributed by atoms with E-state index in [0.29, 0.717) is 18.8 Å². The summed E-state index contributed by atoms with van der Waals surface area (Å²) in [5, 5.41) is -0.0497. The molecule has 1 aliphatic heterocycles. The van der Waals surface area contributed by atoms with Crippen LogP contribution in [0, 0.1) is 5.92 Å². The molecular weight excluding hydrogens is 577 g/mol. The van der Waals surface area contributed by atoms with Crippen LogP contribution in [0.25, 0.3) is 0 Å². The molecule has 0 radical (unpaired) electrons. The number of methoxy groups -OCH3 is 2. The Morgan fingerprint density at radius 2 is 1.33 bits per heavy atom. The Morgan fingerprint density at radius 1 is 0.795 bits per heavy atom. The SMILES string of the molecule is COC(=O)c1cc(Cl)nc(Cl)n1.COC(=O)c1cc(N2CCC[C@H]2C(N)=O)nc(Cl)n1.NC(=O)C1CCCC1. The number of hydrogen-bond acceptors (Lipinski definition) is 11. The van der Waals surface area contributed by atoms with E-state index in [9.17, 15) is 19.2 Å². The topological polar surface area (TPSA) is 194 Å². The van der Waals surface area contributed by atoms with E-state index in [0.717, 1.165) is 19.3 Å². The fourth-order valence-corrected chi connectivity index (χ4v) is 4.49. The highest BCUT2D eigenvalue weighted by molar-refractivity contribution is 6.32. The molecule has 2 aromatic rings. The van der Waals surface area contributed by atoms with Gasteiger partial charge in [0.2, 0.25) is 22.4 Å². The number of primary amides is 2. The van der Waals surface area contributed by atoms with Gasteiger partial charge in [0.05, 0.1) is 14.2 Å². The van der Waals surface area contributed by atoms with Gasteiger partial charge in [-0.25, -0.2) is 29.5 Å². The number of halogens is 3. The van der Waals surface area contributed by atoms with Gasteiger partial charge in [0, 0.05) is 24.6 Å². The molecule has 1 atom stereocenters. The number of nitrogens with zero attached hydrogens (tertiary/aromatic N) is 5. The number of nitrogens with two attached hydrogens (primary N) is 2. The summed E-state index contributed by atoms with van der Waals surface area (Å²) in [6.45, 7) is 0.627. The van der Waals surface area contributed by atoms with Crippen LogP contribution < -0.4 is 16.4 Å². The smallest absolute Gasteiger partial charge is 0.356 e. The minimum atomic E-state index is -0.611. The zero-order chi connectivity index (χ0) is 29.1. The van der Waals surface area contributed by atoms with Crippen molar-refractivity contribution in [1.29, 1.82) is 0 Å². The van der Waals surface area contributed by atoms with E-state index >= 15 is 0 Å². The van der Waals surface area contributed by atoms with Gasteiger partial charge >= 0.3 is 11.9 Å². The van der Waals surface area contributed by atoms with E-state index in [4.69, 9.17) is 46.3 Å². The lowest BCUT2D eigenvalue weighted by Gasteiger charge is -2.23. The molecule has 2 fully saturated rings. The maximum atomic E-state index is 11.5. The molecule has 4 rings (SSSR count). The summed E-state index contributed by atoms with van der Waals surface area (Å²) < 4.78 is 8.98. The second-order valence-corrected chi connectivity index (χ2v) is 9.41. The zero-order valence-electron chi connectivity index (χ0n) is 21.2. The van der Waals surface area contributed by atoms with Crippen LogP contribution in [0.2, 0.25) is 15.7 Å². The van der Waals surface area contributed by atoms with Crippen molar-refractivity contribution in [3.8, 4) is 0 Å². The van der Waals surface area contributed by atoms with Crippen LogP contribution in [-0.2, 0) is 19.1 Å². The molecular formula is C23H28Cl3N7O6. The van der Waals surface area contributed by atoms with E-state index in [1.54, 1.807) is 4.90 Å². The molecule has 13 nitrogen and oxygen atoms in total. The number of carbonyl (C=O) groups is 4. The number of anilines is 1. The number of carbonyl (C=O) groups excluding carboxylic acids is 4. The summed E-state index contributed by atoms with van der Waals surface area (Å²) in [4.78, 5) is 60.8. The quantitative estimate of drug-likeness (QED) is 0.289. The minimum Gasteiger partial charge on any atom is -0.464 e. The second kappa shape index (κ2) is 15.3. The minimum absolute atomic E-state index is 0.0440. The Morgan fingerprint density at radius 3 is 1.79 bits per heavy atom. The molecule has 2 aromatic heterocycles. The van der Waals surface area contributed by atoms with E-state index in [1.165, 1.54) is 39.2 Å². The first-order chi connectivity index (χ1) is 18.5. The molecule has 2 amide bonds. The van der Waals surface area contributed by atoms with Crippen LogP contribution in [0.1, 0.15) is 59.5 Å². The molecule has 2 aliphatic rings. The van der Waals surface area contributed by atoms with Crippen molar-refractivity contribution in [3.63, 3.8) is 0 Å². The first kappa shape index (κ1) is 31.9. The van der Waals surface area contributed by atoms with Crippen molar-refractivity contribution in [2.24, 2.45) is 17.4 Å². The molecule has 0 spiro atoms. The maximum Gasteiger partial charge on any atom is 0.356 e. The zero-order valence-corrected chi connectivity index (χ0v) is 23.5. The molecule has 1 saturated heterocycles. The lowest BCUT2D eigenvalue weighted by molar-refractivity contribution is -0.121. The summed E-state index contributed by atoms with van der Waals surface area (Å²) in [6, 6.07) is 2.29. The van der Waals surface area contributed by atoms with E-state index < -0.39 is 23.9 Å². The van der Waals surface area contributed by atoms with Crippen molar-refractivity contribution >= 4 is 64.4 Å². The van der Waals surface area contributed by atoms with Gasteiger partial charge in [-0.1, -0.05) is 24.4 Å². The van der Waals surface area contributed by atoms with Gasteiger partial charge in [0.1, 0.15) is 17.0 Å². The molecule has 1 aliphatic carbocycles. The molecule has 0 aromatic carbocycles. The average molecular weight is 605 g/mol. The highest BCUT2D eigenvalue weighted by Gasteiger charge is 2.31. The summed E-state index contributed by atoms with van der Waals surface area (Å²) in [5.41, 5.74) is 10.5. The van der Waals surface area contributed by atoms with Crippen LogP contribution in [0.5, 0.6) is 0 Å². The van der Waals surface area contributed by atoms with E-state index in [-0.39, 0.29) is 38.9 Å². The number of amides is 2. The number of hydrogen-bond donors (Lipinski definition) is 2. The monoisotopic (exact) mass is 603 g/mol. The Labute approximate surface area is 239 Å². The van der Waals surface area contributed by atoms with Crippen molar-refractivity contribution in [1.82, 2.24) is 19.9 Å². The third-order valence-corrected chi connectivity index (χ3v) is 6.31. The third kappa shape index (κ3) is 9.75. The summed E-state index contributed by atoms with van der Waals surface area (Å²) in [6.07, 6.45) is 5.90. The fraction of sp³-hybridized carbons (Fsp3) is 0.478. The average Bonchev–Trinajstić information content (AvgIpc) is 3.60. The Hall–Kier alpha value is -3.29. The lowest BCUT2D eigenvalue weighted by Crippen LogP contribution is -2.40. The molecule has 0 bridgehead atoms. The largest absolute Gasteiger partial charge is 0.464 e. The second-order valence-electron chi connectivity index (χ2n) is 8.35. The van der Waals surface area contributed by atoms with Crippen molar-refractivity contribution in [2.75, 3.05) is 25.7 Å². The maximum absolute atomic E-state index is 11.5. The Bertz CT molecular complexity index is 1180. The predicted octanol–water partition coefficient (Wildman–Crippen LogP) is 2.60. The number of ether oxygens (including phenoxy) is 2. The van der Waals surface area contributed by atoms with Gasteiger partial charge in [-0.05, 0) is 48.9 Å². The van der Waals surface area contributed by atoms with Crippen molar-refractivity contribution < 1.29 is 28.7 Å². The Kier molecular flexibility index (Phi) is 12.6. The van der Waals surface area contributed by atoms with Gasteiger partial charge in [0.15, 0.2) is 11.4 Å². The number of rotatable bonds is 5. The summed E-state index contributed by atoms with van der Waals surface area (Å²) in [7, 11) is 2.49.